The Kier molecular flexibility index (Phi) is 5.44. The Hall–Kier alpha value is -1.16. The Labute approximate surface area is 125 Å². The third-order valence-electron chi connectivity index (χ3n) is 3.80. The van der Waals surface area contributed by atoms with Crippen LogP contribution in [0.15, 0.2) is 0 Å². The van der Waals surface area contributed by atoms with Crippen molar-refractivity contribution in [2.75, 3.05) is 0 Å². The molecule has 1 aliphatic rings. The molecule has 0 aromatic heterocycles. The van der Waals surface area contributed by atoms with Crippen molar-refractivity contribution in [2.24, 2.45) is 5.41 Å². The fraction of sp³-hybridized carbons (Fsp3) is 0.917. The number of alkyl halides is 8. The number of hydrogen-bond donors (Lipinski definition) is 0. The summed E-state index contributed by atoms with van der Waals surface area (Å²) >= 11 is 0. The van der Waals surface area contributed by atoms with Crippen molar-refractivity contribution in [1.29, 1.82) is 0 Å². The third kappa shape index (κ3) is 2.98. The number of hydrogen-bond acceptors (Lipinski definition) is 2. The molecule has 0 saturated heterocycles. The van der Waals surface area contributed by atoms with Gasteiger partial charge in [0.25, 0.3) is 0 Å². The van der Waals surface area contributed by atoms with Gasteiger partial charge in [-0.25, -0.2) is 0 Å². The van der Waals surface area contributed by atoms with Crippen LogP contribution in [-0.2, 0) is 9.53 Å². The van der Waals surface area contributed by atoms with Gasteiger partial charge in [-0.05, 0) is 20.3 Å². The van der Waals surface area contributed by atoms with Crippen molar-refractivity contribution in [2.45, 2.75) is 63.4 Å². The van der Waals surface area contributed by atoms with Crippen molar-refractivity contribution >= 4 is 5.97 Å². The molecule has 0 spiro atoms. The van der Waals surface area contributed by atoms with Gasteiger partial charge in [-0.15, -0.1) is 0 Å². The molecule has 138 valence electrons. The standard InChI is InChI=1S/C12H14F8O2.FH/c1-4-8(2,3)7(21)22-6-5-9(13,14)11(17,18)12(19,20)10(6,15)16;/h6H,4-5H2,1-3H3;1H. The highest BCUT2D eigenvalue weighted by Gasteiger charge is 2.87. The first-order valence-electron chi connectivity index (χ1n) is 6.27. The first kappa shape index (κ1) is 21.8. The average molecular weight is 362 g/mol. The zero-order chi connectivity index (χ0) is 17.8. The van der Waals surface area contributed by atoms with Crippen LogP contribution in [0.3, 0.4) is 0 Å². The smallest absolute Gasteiger partial charge is 0.382 e. The second kappa shape index (κ2) is 5.73. The second-order valence-corrected chi connectivity index (χ2v) is 5.81. The molecule has 0 heterocycles. The van der Waals surface area contributed by atoms with Crippen LogP contribution in [0.2, 0.25) is 0 Å². The minimum atomic E-state index is -6.36. The Bertz CT molecular complexity index is 459. The molecule has 1 fully saturated rings. The molecule has 1 aliphatic carbocycles. The maximum atomic E-state index is 13.5. The van der Waals surface area contributed by atoms with Gasteiger partial charge in [-0.2, -0.15) is 35.1 Å². The molecule has 2 nitrogen and oxygen atoms in total. The van der Waals surface area contributed by atoms with E-state index in [-0.39, 0.29) is 11.1 Å². The molecule has 0 aromatic rings. The fourth-order valence-corrected chi connectivity index (χ4v) is 1.68. The minimum absolute atomic E-state index is 0. The maximum absolute atomic E-state index is 13.5. The largest absolute Gasteiger partial charge is 0.455 e. The van der Waals surface area contributed by atoms with Crippen molar-refractivity contribution in [3.05, 3.63) is 0 Å². The Balaban J connectivity index is 0.00000484. The minimum Gasteiger partial charge on any atom is -0.455 e. The van der Waals surface area contributed by atoms with Crippen LogP contribution in [0, 0.1) is 5.41 Å². The monoisotopic (exact) mass is 362 g/mol. The van der Waals surface area contributed by atoms with E-state index < -0.39 is 47.6 Å². The molecule has 0 amide bonds. The first-order valence-corrected chi connectivity index (χ1v) is 6.27. The van der Waals surface area contributed by atoms with Gasteiger partial charge in [0.15, 0.2) is 6.10 Å². The van der Waals surface area contributed by atoms with Crippen LogP contribution in [0.1, 0.15) is 33.6 Å². The molecule has 0 radical (unpaired) electrons. The number of halogens is 9. The van der Waals surface area contributed by atoms with E-state index in [4.69, 9.17) is 0 Å². The molecular formula is C12H15F9O2. The van der Waals surface area contributed by atoms with Gasteiger partial charge in [0, 0.05) is 0 Å². The molecule has 11 heteroatoms. The van der Waals surface area contributed by atoms with Crippen LogP contribution in [0.4, 0.5) is 39.8 Å². The van der Waals surface area contributed by atoms with E-state index in [0.717, 1.165) is 0 Å². The third-order valence-corrected chi connectivity index (χ3v) is 3.80. The first-order chi connectivity index (χ1) is 9.54. The van der Waals surface area contributed by atoms with E-state index in [1.807, 2.05) is 0 Å². The van der Waals surface area contributed by atoms with E-state index >= 15 is 0 Å². The molecule has 0 N–H and O–H groups in total. The number of carbonyl (C=O) groups is 1. The zero-order valence-corrected chi connectivity index (χ0v) is 12.2. The van der Waals surface area contributed by atoms with E-state index in [1.54, 1.807) is 0 Å². The lowest BCUT2D eigenvalue weighted by molar-refractivity contribution is -0.413. The summed E-state index contributed by atoms with van der Waals surface area (Å²) < 4.78 is 110. The molecular weight excluding hydrogens is 347 g/mol. The molecule has 1 unspecified atom stereocenters. The van der Waals surface area contributed by atoms with Gasteiger partial charge in [0.2, 0.25) is 0 Å². The normalized spacial score (nSPS) is 27.7. The summed E-state index contributed by atoms with van der Waals surface area (Å²) in [5.41, 5.74) is -1.42. The zero-order valence-electron chi connectivity index (χ0n) is 12.2. The summed E-state index contributed by atoms with van der Waals surface area (Å²) in [4.78, 5) is 11.6. The SMILES string of the molecule is CCC(C)(C)C(=O)OC1CC(F)(F)C(F)(F)C(F)(F)C1(F)F.F. The average Bonchev–Trinajstić information content (AvgIpc) is 2.35. The fourth-order valence-electron chi connectivity index (χ4n) is 1.68. The van der Waals surface area contributed by atoms with E-state index in [1.165, 1.54) is 20.8 Å². The molecule has 23 heavy (non-hydrogen) atoms. The lowest BCUT2D eigenvalue weighted by atomic mass is 9.83. The van der Waals surface area contributed by atoms with Crippen LogP contribution in [0.25, 0.3) is 0 Å². The summed E-state index contributed by atoms with van der Waals surface area (Å²) in [6, 6.07) is 0. The van der Waals surface area contributed by atoms with Crippen molar-refractivity contribution in [1.82, 2.24) is 0 Å². The lowest BCUT2D eigenvalue weighted by Crippen LogP contribution is -2.71. The van der Waals surface area contributed by atoms with Gasteiger partial charge >= 0.3 is 29.7 Å². The number of ether oxygens (including phenoxy) is 1. The van der Waals surface area contributed by atoms with E-state index in [0.29, 0.717) is 0 Å². The van der Waals surface area contributed by atoms with Gasteiger partial charge < -0.3 is 4.74 Å². The van der Waals surface area contributed by atoms with Gasteiger partial charge in [0.05, 0.1) is 11.8 Å². The topological polar surface area (TPSA) is 26.3 Å². The van der Waals surface area contributed by atoms with Crippen LogP contribution < -0.4 is 0 Å². The molecule has 0 aromatic carbocycles. The highest BCUT2D eigenvalue weighted by Crippen LogP contribution is 2.60. The highest BCUT2D eigenvalue weighted by atomic mass is 19.4. The van der Waals surface area contributed by atoms with Crippen LogP contribution in [-0.4, -0.2) is 35.8 Å². The summed E-state index contributed by atoms with van der Waals surface area (Å²) in [5, 5.41) is 0. The van der Waals surface area contributed by atoms with E-state index in [2.05, 4.69) is 4.74 Å². The van der Waals surface area contributed by atoms with Gasteiger partial charge in [-0.1, -0.05) is 6.92 Å². The summed E-state index contributed by atoms with van der Waals surface area (Å²) in [6.45, 7) is 3.86. The predicted molar refractivity (Wildman–Crippen MR) is 60.9 cm³/mol. The van der Waals surface area contributed by atoms with E-state index in [9.17, 15) is 39.9 Å². The van der Waals surface area contributed by atoms with Crippen LogP contribution in [0.5, 0.6) is 0 Å². The molecule has 1 saturated carbocycles. The Morgan fingerprint density at radius 1 is 1.04 bits per heavy atom. The number of esters is 1. The van der Waals surface area contributed by atoms with Crippen LogP contribution >= 0.6 is 0 Å². The summed E-state index contributed by atoms with van der Waals surface area (Å²) in [5.74, 6) is -25.1. The Morgan fingerprint density at radius 3 is 1.87 bits per heavy atom. The predicted octanol–water partition coefficient (Wildman–Crippen LogP) is 4.43. The van der Waals surface area contributed by atoms with Crippen molar-refractivity contribution in [3.8, 4) is 0 Å². The summed E-state index contributed by atoms with van der Waals surface area (Å²) in [6.07, 6.45) is -5.71. The lowest BCUT2D eigenvalue weighted by Gasteiger charge is -2.45. The number of carbonyl (C=O) groups excluding carboxylic acids is 1. The second-order valence-electron chi connectivity index (χ2n) is 5.81. The van der Waals surface area contributed by atoms with Gasteiger partial charge in [0.1, 0.15) is 0 Å². The van der Waals surface area contributed by atoms with Crippen molar-refractivity contribution < 1.29 is 49.4 Å². The molecule has 0 aliphatic heterocycles. The molecule has 0 bridgehead atoms. The highest BCUT2D eigenvalue weighted by molar-refractivity contribution is 5.76. The van der Waals surface area contributed by atoms with Crippen molar-refractivity contribution in [3.63, 3.8) is 0 Å². The number of rotatable bonds is 3. The molecule has 1 rings (SSSR count). The maximum Gasteiger partial charge on any atom is 0.382 e. The molecule has 1 atom stereocenters. The quantitative estimate of drug-likeness (QED) is 0.548. The van der Waals surface area contributed by atoms with Gasteiger partial charge in [-0.3, -0.25) is 9.50 Å². The summed E-state index contributed by atoms with van der Waals surface area (Å²) in [7, 11) is 0. The Morgan fingerprint density at radius 2 is 1.48 bits per heavy atom.